The predicted molar refractivity (Wildman–Crippen MR) is 80.3 cm³/mol. The van der Waals surface area contributed by atoms with Gasteiger partial charge >= 0.3 is 0 Å². The second-order valence-corrected chi connectivity index (χ2v) is 11.9. The number of hydrogen-bond donors (Lipinski definition) is 0. The molecule has 2 unspecified atom stereocenters. The van der Waals surface area contributed by atoms with Gasteiger partial charge in [0.2, 0.25) is 0 Å². The summed E-state index contributed by atoms with van der Waals surface area (Å²) in [5, 5.41) is 0.282. The maximum Gasteiger partial charge on any atom is 0.192 e. The Labute approximate surface area is 113 Å². The van der Waals surface area contributed by atoms with Gasteiger partial charge in [-0.15, -0.1) is 0 Å². The minimum absolute atomic E-state index is 0.282. The summed E-state index contributed by atoms with van der Waals surface area (Å²) in [4.78, 5) is 0. The van der Waals surface area contributed by atoms with E-state index in [-0.39, 0.29) is 5.04 Å². The van der Waals surface area contributed by atoms with E-state index in [4.69, 9.17) is 4.43 Å². The van der Waals surface area contributed by atoms with Gasteiger partial charge in [0, 0.05) is 0 Å². The molecule has 0 saturated heterocycles. The largest absolute Gasteiger partial charge is 0.410 e. The molecule has 2 rings (SSSR count). The van der Waals surface area contributed by atoms with Crippen LogP contribution in [0.5, 0.6) is 0 Å². The molecule has 100 valence electrons. The molecule has 0 N–H and O–H groups in total. The van der Waals surface area contributed by atoms with Crippen molar-refractivity contribution in [3.63, 3.8) is 0 Å². The van der Waals surface area contributed by atoms with Crippen LogP contribution >= 0.6 is 0 Å². The average molecular weight is 262 g/mol. The van der Waals surface area contributed by atoms with Crippen LogP contribution in [0.2, 0.25) is 18.1 Å². The molecule has 0 bridgehead atoms. The Morgan fingerprint density at radius 2 is 1.78 bits per heavy atom. The molecule has 0 radical (unpaired) electrons. The van der Waals surface area contributed by atoms with Crippen LogP contribution in [0, 0.1) is 5.92 Å². The Bertz CT molecular complexity index is 431. The van der Waals surface area contributed by atoms with Gasteiger partial charge in [-0.1, -0.05) is 52.0 Å². The van der Waals surface area contributed by atoms with Crippen LogP contribution in [0.15, 0.2) is 24.3 Å². The van der Waals surface area contributed by atoms with Gasteiger partial charge < -0.3 is 4.43 Å². The number of rotatable bonds is 2. The molecule has 2 atom stereocenters. The maximum absolute atomic E-state index is 6.64. The summed E-state index contributed by atoms with van der Waals surface area (Å²) >= 11 is 0. The molecule has 1 aromatic carbocycles. The quantitative estimate of drug-likeness (QED) is 0.686. The predicted octanol–water partition coefficient (Wildman–Crippen LogP) is 4.94. The zero-order valence-electron chi connectivity index (χ0n) is 12.6. The number of fused-ring (bicyclic) bond motifs is 1. The van der Waals surface area contributed by atoms with Crippen molar-refractivity contribution in [2.75, 3.05) is 0 Å². The topological polar surface area (TPSA) is 9.23 Å². The standard InChI is InChI=1S/C16H26OSi/c1-12-11-13-9-7-8-10-14(13)15(12)17-18(5,6)16(2,3)4/h7-10,12,15H,11H2,1-6H3. The fraction of sp³-hybridized carbons (Fsp3) is 0.625. The Morgan fingerprint density at radius 3 is 2.39 bits per heavy atom. The van der Waals surface area contributed by atoms with Gasteiger partial charge in [0.25, 0.3) is 0 Å². The third-order valence-electron chi connectivity index (χ3n) is 4.65. The molecule has 0 amide bonds. The lowest BCUT2D eigenvalue weighted by Gasteiger charge is -2.39. The minimum Gasteiger partial charge on any atom is -0.410 e. The second kappa shape index (κ2) is 4.50. The molecular formula is C16H26OSi. The minimum atomic E-state index is -1.68. The molecule has 1 aromatic rings. The summed E-state index contributed by atoms with van der Waals surface area (Å²) in [5.74, 6) is 0.608. The fourth-order valence-electron chi connectivity index (χ4n) is 2.43. The fourth-order valence-corrected chi connectivity index (χ4v) is 3.78. The van der Waals surface area contributed by atoms with Gasteiger partial charge in [0.05, 0.1) is 6.10 Å². The Hall–Kier alpha value is -0.603. The molecule has 0 aliphatic heterocycles. The van der Waals surface area contributed by atoms with Crippen molar-refractivity contribution in [3.8, 4) is 0 Å². The zero-order valence-corrected chi connectivity index (χ0v) is 13.6. The lowest BCUT2D eigenvalue weighted by atomic mass is 10.1. The highest BCUT2D eigenvalue weighted by molar-refractivity contribution is 6.74. The highest BCUT2D eigenvalue weighted by Crippen LogP contribution is 2.45. The summed E-state index contributed by atoms with van der Waals surface area (Å²) < 4.78 is 6.64. The van der Waals surface area contributed by atoms with Crippen molar-refractivity contribution >= 4 is 8.32 Å². The van der Waals surface area contributed by atoms with E-state index in [1.54, 1.807) is 0 Å². The molecule has 0 heterocycles. The van der Waals surface area contributed by atoms with Crippen molar-refractivity contribution < 1.29 is 4.43 Å². The summed E-state index contributed by atoms with van der Waals surface area (Å²) in [6.07, 6.45) is 1.47. The molecule has 2 heteroatoms. The molecule has 0 saturated carbocycles. The molecule has 0 fully saturated rings. The van der Waals surface area contributed by atoms with Crippen LogP contribution in [0.3, 0.4) is 0 Å². The van der Waals surface area contributed by atoms with Crippen LogP contribution in [0.25, 0.3) is 0 Å². The maximum atomic E-state index is 6.64. The smallest absolute Gasteiger partial charge is 0.192 e. The Balaban J connectivity index is 2.25. The molecular weight excluding hydrogens is 236 g/mol. The summed E-state index contributed by atoms with van der Waals surface area (Å²) in [7, 11) is -1.68. The van der Waals surface area contributed by atoms with Gasteiger partial charge in [0.15, 0.2) is 8.32 Å². The lowest BCUT2D eigenvalue weighted by molar-refractivity contribution is 0.141. The first kappa shape index (κ1) is 13.8. The van der Waals surface area contributed by atoms with E-state index in [0.29, 0.717) is 12.0 Å². The highest BCUT2D eigenvalue weighted by atomic mass is 28.4. The van der Waals surface area contributed by atoms with Crippen molar-refractivity contribution in [1.29, 1.82) is 0 Å². The summed E-state index contributed by atoms with van der Waals surface area (Å²) in [6, 6.07) is 8.77. The summed E-state index contributed by atoms with van der Waals surface area (Å²) in [6.45, 7) is 13.9. The molecule has 1 nitrogen and oxygen atoms in total. The molecule has 0 spiro atoms. The number of hydrogen-bond acceptors (Lipinski definition) is 1. The van der Waals surface area contributed by atoms with Crippen molar-refractivity contribution in [1.82, 2.24) is 0 Å². The van der Waals surface area contributed by atoms with Crippen LogP contribution in [-0.2, 0) is 10.8 Å². The molecule has 1 aliphatic carbocycles. The highest BCUT2D eigenvalue weighted by Gasteiger charge is 2.42. The van der Waals surface area contributed by atoms with E-state index < -0.39 is 8.32 Å². The third-order valence-corrected chi connectivity index (χ3v) is 9.10. The Morgan fingerprint density at radius 1 is 1.17 bits per heavy atom. The monoisotopic (exact) mass is 262 g/mol. The van der Waals surface area contributed by atoms with Gasteiger partial charge in [-0.3, -0.25) is 0 Å². The molecule has 1 aliphatic rings. The number of benzene rings is 1. The second-order valence-electron chi connectivity index (χ2n) is 7.18. The van der Waals surface area contributed by atoms with Crippen LogP contribution < -0.4 is 0 Å². The van der Waals surface area contributed by atoms with E-state index in [1.165, 1.54) is 11.1 Å². The first-order chi connectivity index (χ1) is 8.22. The van der Waals surface area contributed by atoms with Crippen LogP contribution in [-0.4, -0.2) is 8.32 Å². The average Bonchev–Trinajstić information content (AvgIpc) is 2.54. The van der Waals surface area contributed by atoms with E-state index in [1.807, 2.05) is 0 Å². The third kappa shape index (κ3) is 2.41. The van der Waals surface area contributed by atoms with Gasteiger partial charge in [-0.25, -0.2) is 0 Å². The van der Waals surface area contributed by atoms with E-state index in [9.17, 15) is 0 Å². The van der Waals surface area contributed by atoms with Crippen LogP contribution in [0.1, 0.15) is 44.9 Å². The summed E-state index contributed by atoms with van der Waals surface area (Å²) in [5.41, 5.74) is 2.91. The van der Waals surface area contributed by atoms with E-state index >= 15 is 0 Å². The zero-order chi connectivity index (χ0) is 13.6. The van der Waals surface area contributed by atoms with Gasteiger partial charge in [-0.2, -0.15) is 0 Å². The van der Waals surface area contributed by atoms with Gasteiger partial charge in [0.1, 0.15) is 0 Å². The molecule has 18 heavy (non-hydrogen) atoms. The van der Waals surface area contributed by atoms with E-state index in [0.717, 1.165) is 6.42 Å². The Kier molecular flexibility index (Phi) is 3.45. The van der Waals surface area contributed by atoms with Crippen LogP contribution in [0.4, 0.5) is 0 Å². The lowest BCUT2D eigenvalue weighted by Crippen LogP contribution is -2.42. The van der Waals surface area contributed by atoms with Crippen molar-refractivity contribution in [2.24, 2.45) is 5.92 Å². The van der Waals surface area contributed by atoms with Gasteiger partial charge in [-0.05, 0) is 41.6 Å². The van der Waals surface area contributed by atoms with E-state index in [2.05, 4.69) is 65.1 Å². The van der Waals surface area contributed by atoms with Crippen molar-refractivity contribution in [3.05, 3.63) is 35.4 Å². The molecule has 0 aromatic heterocycles. The SMILES string of the molecule is CC1Cc2ccccc2C1O[Si](C)(C)C(C)(C)C. The normalized spacial score (nSPS) is 24.1. The first-order valence-electron chi connectivity index (χ1n) is 6.98. The van der Waals surface area contributed by atoms with Crippen molar-refractivity contribution in [2.45, 2.75) is 58.4 Å². The first-order valence-corrected chi connectivity index (χ1v) is 9.89.